The molecule has 0 aromatic heterocycles. The molecular formula is C16H22N2O. The predicted molar refractivity (Wildman–Crippen MR) is 76.0 cm³/mol. The van der Waals surface area contributed by atoms with Gasteiger partial charge in [-0.05, 0) is 43.0 Å². The molecule has 1 amide bonds. The highest BCUT2D eigenvalue weighted by atomic mass is 16.2. The number of rotatable bonds is 3. The van der Waals surface area contributed by atoms with Crippen molar-refractivity contribution < 1.29 is 4.79 Å². The second kappa shape index (κ2) is 5.33. The molecule has 3 rings (SSSR count). The smallest absolute Gasteiger partial charge is 0.254 e. The van der Waals surface area contributed by atoms with E-state index in [2.05, 4.69) is 29.3 Å². The van der Waals surface area contributed by atoms with Crippen LogP contribution in [-0.2, 0) is 13.1 Å². The summed E-state index contributed by atoms with van der Waals surface area (Å²) in [6.07, 6.45) is 4.88. The molecule has 2 aliphatic rings. The Morgan fingerprint density at radius 3 is 2.74 bits per heavy atom. The van der Waals surface area contributed by atoms with E-state index in [1.807, 2.05) is 6.07 Å². The van der Waals surface area contributed by atoms with Gasteiger partial charge in [0.25, 0.3) is 5.91 Å². The highest BCUT2D eigenvalue weighted by Crippen LogP contribution is 2.25. The van der Waals surface area contributed by atoms with Crippen LogP contribution < -0.4 is 5.32 Å². The highest BCUT2D eigenvalue weighted by molar-refractivity contribution is 5.94. The standard InChI is InChI=1S/C16H22N2O/c1-2-18(15-5-3-4-6-15)16(19)12-7-8-13-10-17-11-14(13)9-12/h7-9,15,17H,2-6,10-11H2,1H3. The summed E-state index contributed by atoms with van der Waals surface area (Å²) in [6.45, 7) is 4.74. The topological polar surface area (TPSA) is 32.3 Å². The van der Waals surface area contributed by atoms with Crippen LogP contribution in [0, 0.1) is 0 Å². The van der Waals surface area contributed by atoms with E-state index in [0.29, 0.717) is 6.04 Å². The minimum atomic E-state index is 0.212. The average Bonchev–Trinajstić information content (AvgIpc) is 3.09. The number of amides is 1. The molecule has 0 unspecified atom stereocenters. The molecule has 1 aliphatic carbocycles. The van der Waals surface area contributed by atoms with Gasteiger partial charge >= 0.3 is 0 Å². The van der Waals surface area contributed by atoms with Gasteiger partial charge in [0, 0.05) is 31.2 Å². The van der Waals surface area contributed by atoms with Crippen LogP contribution in [0.4, 0.5) is 0 Å². The Bertz CT molecular complexity index is 478. The Morgan fingerprint density at radius 2 is 2.00 bits per heavy atom. The molecule has 1 aromatic carbocycles. The van der Waals surface area contributed by atoms with Crippen molar-refractivity contribution in [1.82, 2.24) is 10.2 Å². The Kier molecular flexibility index (Phi) is 3.56. The fourth-order valence-corrected chi connectivity index (χ4v) is 3.38. The second-order valence-corrected chi connectivity index (χ2v) is 5.62. The van der Waals surface area contributed by atoms with Crippen LogP contribution in [0.3, 0.4) is 0 Å². The molecule has 3 heteroatoms. The molecule has 1 aromatic rings. The van der Waals surface area contributed by atoms with Gasteiger partial charge in [-0.15, -0.1) is 0 Å². The molecule has 3 nitrogen and oxygen atoms in total. The number of fused-ring (bicyclic) bond motifs is 1. The minimum Gasteiger partial charge on any atom is -0.336 e. The van der Waals surface area contributed by atoms with Crippen molar-refractivity contribution in [3.05, 3.63) is 34.9 Å². The van der Waals surface area contributed by atoms with Crippen molar-refractivity contribution in [1.29, 1.82) is 0 Å². The van der Waals surface area contributed by atoms with Crippen LogP contribution in [0.2, 0.25) is 0 Å². The zero-order chi connectivity index (χ0) is 13.2. The lowest BCUT2D eigenvalue weighted by Crippen LogP contribution is -2.38. The minimum absolute atomic E-state index is 0.212. The molecule has 102 valence electrons. The summed E-state index contributed by atoms with van der Waals surface area (Å²) >= 11 is 0. The number of carbonyl (C=O) groups excluding carboxylic acids is 1. The van der Waals surface area contributed by atoms with Crippen LogP contribution in [0.1, 0.15) is 54.1 Å². The van der Waals surface area contributed by atoms with Gasteiger partial charge in [-0.25, -0.2) is 0 Å². The van der Waals surface area contributed by atoms with Crippen molar-refractivity contribution in [3.8, 4) is 0 Å². The third-order valence-electron chi connectivity index (χ3n) is 4.45. The van der Waals surface area contributed by atoms with Crippen molar-refractivity contribution in [2.45, 2.75) is 51.7 Å². The molecule has 1 N–H and O–H groups in total. The molecule has 0 bridgehead atoms. The molecule has 19 heavy (non-hydrogen) atoms. The summed E-state index contributed by atoms with van der Waals surface area (Å²) in [5, 5.41) is 3.33. The molecule has 1 aliphatic heterocycles. The molecule has 1 fully saturated rings. The quantitative estimate of drug-likeness (QED) is 0.904. The maximum atomic E-state index is 12.7. The number of nitrogens with one attached hydrogen (secondary N) is 1. The first-order chi connectivity index (χ1) is 9.29. The Labute approximate surface area is 115 Å². The lowest BCUT2D eigenvalue weighted by molar-refractivity contribution is 0.0693. The van der Waals surface area contributed by atoms with Crippen molar-refractivity contribution in [3.63, 3.8) is 0 Å². The Morgan fingerprint density at radius 1 is 1.26 bits per heavy atom. The summed E-state index contributed by atoms with van der Waals surface area (Å²) < 4.78 is 0. The molecule has 0 saturated heterocycles. The molecule has 0 spiro atoms. The lowest BCUT2D eigenvalue weighted by Gasteiger charge is -2.28. The fraction of sp³-hybridized carbons (Fsp3) is 0.562. The molecule has 0 atom stereocenters. The summed E-state index contributed by atoms with van der Waals surface area (Å²) in [4.78, 5) is 14.7. The first-order valence-electron chi connectivity index (χ1n) is 7.43. The zero-order valence-electron chi connectivity index (χ0n) is 11.6. The zero-order valence-corrected chi connectivity index (χ0v) is 11.6. The van der Waals surface area contributed by atoms with Gasteiger partial charge in [-0.1, -0.05) is 18.9 Å². The van der Waals surface area contributed by atoms with Gasteiger partial charge in [0.15, 0.2) is 0 Å². The Balaban J connectivity index is 1.81. The summed E-state index contributed by atoms with van der Waals surface area (Å²) in [6, 6.07) is 6.63. The second-order valence-electron chi connectivity index (χ2n) is 5.62. The van der Waals surface area contributed by atoms with Crippen molar-refractivity contribution in [2.75, 3.05) is 6.54 Å². The third kappa shape index (κ3) is 2.39. The summed E-state index contributed by atoms with van der Waals surface area (Å²) in [5.41, 5.74) is 3.48. The molecule has 1 heterocycles. The highest BCUT2D eigenvalue weighted by Gasteiger charge is 2.26. The normalized spacial score (nSPS) is 18.6. The largest absolute Gasteiger partial charge is 0.336 e. The number of nitrogens with zero attached hydrogens (tertiary/aromatic N) is 1. The van der Waals surface area contributed by atoms with Gasteiger partial charge < -0.3 is 10.2 Å². The van der Waals surface area contributed by atoms with E-state index in [1.54, 1.807) is 0 Å². The molecule has 1 saturated carbocycles. The molecular weight excluding hydrogens is 236 g/mol. The van der Waals surface area contributed by atoms with Gasteiger partial charge in [0.05, 0.1) is 0 Å². The summed E-state index contributed by atoms with van der Waals surface area (Å²) in [7, 11) is 0. The monoisotopic (exact) mass is 258 g/mol. The number of benzene rings is 1. The maximum absolute atomic E-state index is 12.7. The van der Waals surface area contributed by atoms with E-state index in [-0.39, 0.29) is 5.91 Å². The van der Waals surface area contributed by atoms with Crippen LogP contribution in [0.15, 0.2) is 18.2 Å². The van der Waals surface area contributed by atoms with E-state index in [0.717, 1.165) is 25.2 Å². The summed E-state index contributed by atoms with van der Waals surface area (Å²) in [5.74, 6) is 0.212. The first kappa shape index (κ1) is 12.7. The van der Waals surface area contributed by atoms with Gasteiger partial charge in [0.1, 0.15) is 0 Å². The van der Waals surface area contributed by atoms with Gasteiger partial charge in [-0.3, -0.25) is 4.79 Å². The average molecular weight is 258 g/mol. The molecule has 0 radical (unpaired) electrons. The maximum Gasteiger partial charge on any atom is 0.254 e. The predicted octanol–water partition coefficient (Wildman–Crippen LogP) is 2.69. The van der Waals surface area contributed by atoms with Crippen molar-refractivity contribution >= 4 is 5.91 Å². The number of hydrogen-bond acceptors (Lipinski definition) is 2. The Hall–Kier alpha value is -1.35. The van der Waals surface area contributed by atoms with Crippen LogP contribution in [0.25, 0.3) is 0 Å². The third-order valence-corrected chi connectivity index (χ3v) is 4.45. The SMILES string of the molecule is CCN(C(=O)c1ccc2c(c1)CNC2)C1CCCC1. The van der Waals surface area contributed by atoms with Crippen LogP contribution in [0.5, 0.6) is 0 Å². The van der Waals surface area contributed by atoms with Crippen molar-refractivity contribution in [2.24, 2.45) is 0 Å². The van der Waals surface area contributed by atoms with E-state index in [9.17, 15) is 4.79 Å². The first-order valence-corrected chi connectivity index (χ1v) is 7.43. The van der Waals surface area contributed by atoms with Gasteiger partial charge in [0.2, 0.25) is 0 Å². The fourth-order valence-electron chi connectivity index (χ4n) is 3.38. The van der Waals surface area contributed by atoms with Gasteiger partial charge in [-0.2, -0.15) is 0 Å². The lowest BCUT2D eigenvalue weighted by atomic mass is 10.0. The van der Waals surface area contributed by atoms with E-state index >= 15 is 0 Å². The van der Waals surface area contributed by atoms with E-state index in [4.69, 9.17) is 0 Å². The van der Waals surface area contributed by atoms with E-state index < -0.39 is 0 Å². The van der Waals surface area contributed by atoms with Crippen LogP contribution in [-0.4, -0.2) is 23.4 Å². The number of carbonyl (C=O) groups is 1. The number of hydrogen-bond donors (Lipinski definition) is 1. The van der Waals surface area contributed by atoms with E-state index in [1.165, 1.54) is 36.8 Å². The van der Waals surface area contributed by atoms with Crippen LogP contribution >= 0.6 is 0 Å².